The first-order valence-corrected chi connectivity index (χ1v) is 9.34. The highest BCUT2D eigenvalue weighted by molar-refractivity contribution is 7.22. The van der Waals surface area contributed by atoms with Crippen LogP contribution in [0.5, 0.6) is 0 Å². The number of thiazole rings is 1. The van der Waals surface area contributed by atoms with Crippen molar-refractivity contribution in [3.05, 3.63) is 93.9 Å². The van der Waals surface area contributed by atoms with Crippen LogP contribution >= 0.6 is 11.3 Å². The number of carbonyl (C=O) groups excluding carboxylic acids is 1. The summed E-state index contributed by atoms with van der Waals surface area (Å²) in [5.41, 5.74) is 2.74. The zero-order valence-electron chi connectivity index (χ0n) is 14.7. The molecule has 0 saturated heterocycles. The van der Waals surface area contributed by atoms with Gasteiger partial charge in [0, 0.05) is 6.20 Å². The molecular formula is C21H17N3O2S. The molecule has 4 aromatic rings. The van der Waals surface area contributed by atoms with E-state index in [1.54, 1.807) is 12.3 Å². The van der Waals surface area contributed by atoms with E-state index in [0.717, 1.165) is 21.3 Å². The lowest BCUT2D eigenvalue weighted by Crippen LogP contribution is -2.28. The number of nitrogens with zero attached hydrogens (tertiary/aromatic N) is 2. The van der Waals surface area contributed by atoms with Crippen LogP contribution in [-0.4, -0.2) is 15.5 Å². The Morgan fingerprint density at radius 3 is 2.74 bits per heavy atom. The van der Waals surface area contributed by atoms with Gasteiger partial charge in [-0.15, -0.1) is 0 Å². The summed E-state index contributed by atoms with van der Waals surface area (Å²) in [6.07, 6.45) is 1.69. The Labute approximate surface area is 159 Å². The molecule has 0 atom stereocenters. The Bertz CT molecular complexity index is 1180. The van der Waals surface area contributed by atoms with Crippen LogP contribution in [0.1, 0.15) is 21.5 Å². The second kappa shape index (κ2) is 7.17. The minimum absolute atomic E-state index is 0.101. The maximum atomic E-state index is 12.7. The summed E-state index contributed by atoms with van der Waals surface area (Å²) in [5.74, 6) is -0.446. The molecule has 5 nitrogen and oxygen atoms in total. The van der Waals surface area contributed by atoms with Crippen molar-refractivity contribution in [2.75, 3.05) is 5.32 Å². The highest BCUT2D eigenvalue weighted by Crippen LogP contribution is 2.26. The fourth-order valence-electron chi connectivity index (χ4n) is 2.86. The number of amides is 1. The molecule has 1 N–H and O–H groups in total. The van der Waals surface area contributed by atoms with Gasteiger partial charge in [0.25, 0.3) is 11.5 Å². The van der Waals surface area contributed by atoms with E-state index in [1.807, 2.05) is 55.5 Å². The fourth-order valence-corrected chi connectivity index (χ4v) is 3.82. The molecule has 2 aromatic heterocycles. The summed E-state index contributed by atoms with van der Waals surface area (Å²) < 4.78 is 2.53. The lowest BCUT2D eigenvalue weighted by atomic mass is 10.2. The number of carbonyl (C=O) groups is 1. The van der Waals surface area contributed by atoms with Crippen molar-refractivity contribution in [2.45, 2.75) is 13.5 Å². The maximum Gasteiger partial charge on any atom is 0.263 e. The molecule has 0 unspecified atom stereocenters. The molecule has 6 heteroatoms. The number of benzene rings is 2. The van der Waals surface area contributed by atoms with Gasteiger partial charge in [0.05, 0.1) is 16.8 Å². The Balaban J connectivity index is 1.59. The van der Waals surface area contributed by atoms with Crippen molar-refractivity contribution in [2.24, 2.45) is 0 Å². The van der Waals surface area contributed by atoms with Gasteiger partial charge in [0.15, 0.2) is 5.13 Å². The van der Waals surface area contributed by atoms with Gasteiger partial charge in [-0.3, -0.25) is 14.9 Å². The van der Waals surface area contributed by atoms with Crippen LogP contribution in [0.25, 0.3) is 10.2 Å². The molecule has 0 fully saturated rings. The Morgan fingerprint density at radius 1 is 1.11 bits per heavy atom. The number of hydrogen-bond acceptors (Lipinski definition) is 4. The summed E-state index contributed by atoms with van der Waals surface area (Å²) in [4.78, 5) is 29.7. The lowest BCUT2D eigenvalue weighted by molar-refractivity contribution is 0.102. The molecule has 0 aliphatic heterocycles. The summed E-state index contributed by atoms with van der Waals surface area (Å²) in [6.45, 7) is 2.43. The van der Waals surface area contributed by atoms with Gasteiger partial charge >= 0.3 is 0 Å². The molecular weight excluding hydrogens is 358 g/mol. The Kier molecular flexibility index (Phi) is 4.56. The number of rotatable bonds is 4. The highest BCUT2D eigenvalue weighted by Gasteiger charge is 2.14. The van der Waals surface area contributed by atoms with Gasteiger partial charge in [-0.25, -0.2) is 4.98 Å². The van der Waals surface area contributed by atoms with Crippen LogP contribution in [0.3, 0.4) is 0 Å². The zero-order chi connectivity index (χ0) is 18.8. The van der Waals surface area contributed by atoms with E-state index in [2.05, 4.69) is 10.3 Å². The second-order valence-corrected chi connectivity index (χ2v) is 7.32. The molecule has 134 valence electrons. The summed E-state index contributed by atoms with van der Waals surface area (Å²) >= 11 is 1.40. The zero-order valence-corrected chi connectivity index (χ0v) is 15.5. The van der Waals surface area contributed by atoms with Gasteiger partial charge < -0.3 is 4.57 Å². The fraction of sp³-hybridized carbons (Fsp3) is 0.0952. The van der Waals surface area contributed by atoms with Crippen LogP contribution in [0, 0.1) is 6.92 Å². The molecule has 0 saturated carbocycles. The third-order valence-corrected chi connectivity index (χ3v) is 5.16. The standard InChI is InChI=1S/C21H17N3O2S/c1-14-9-10-17-18(12-14)27-21(22-17)23-19(25)16-8-5-11-24(20(16)26)13-15-6-3-2-4-7-15/h2-12H,13H2,1H3,(H,22,23,25). The van der Waals surface area contributed by atoms with E-state index >= 15 is 0 Å². The SMILES string of the molecule is Cc1ccc2nc(NC(=O)c3cccn(Cc4ccccc4)c3=O)sc2c1. The van der Waals surface area contributed by atoms with Crippen LogP contribution in [0.15, 0.2) is 71.7 Å². The predicted octanol–water partition coefficient (Wildman–Crippen LogP) is 4.07. The largest absolute Gasteiger partial charge is 0.310 e. The third kappa shape index (κ3) is 3.66. The van der Waals surface area contributed by atoms with Crippen molar-refractivity contribution in [3.63, 3.8) is 0 Å². The number of anilines is 1. The summed E-state index contributed by atoms with van der Waals surface area (Å²) in [7, 11) is 0. The van der Waals surface area contributed by atoms with E-state index in [0.29, 0.717) is 11.7 Å². The number of nitrogens with one attached hydrogen (secondary N) is 1. The number of aromatic nitrogens is 2. The molecule has 4 rings (SSSR count). The van der Waals surface area contributed by atoms with Gasteiger partial charge in [-0.1, -0.05) is 47.7 Å². The van der Waals surface area contributed by atoms with Crippen molar-refractivity contribution in [1.29, 1.82) is 0 Å². The minimum Gasteiger partial charge on any atom is -0.310 e. The van der Waals surface area contributed by atoms with E-state index < -0.39 is 5.91 Å². The van der Waals surface area contributed by atoms with E-state index in [1.165, 1.54) is 22.0 Å². The molecule has 0 radical (unpaired) electrons. The van der Waals surface area contributed by atoms with Crippen LogP contribution in [0.4, 0.5) is 5.13 Å². The van der Waals surface area contributed by atoms with Crippen LogP contribution in [0.2, 0.25) is 0 Å². The second-order valence-electron chi connectivity index (χ2n) is 6.28. The minimum atomic E-state index is -0.446. The monoisotopic (exact) mass is 375 g/mol. The maximum absolute atomic E-state index is 12.7. The molecule has 0 aliphatic rings. The van der Waals surface area contributed by atoms with Gasteiger partial charge in [-0.05, 0) is 42.3 Å². The first-order valence-electron chi connectivity index (χ1n) is 8.52. The van der Waals surface area contributed by atoms with Crippen molar-refractivity contribution < 1.29 is 4.79 Å². The van der Waals surface area contributed by atoms with Crippen LogP contribution in [-0.2, 0) is 6.54 Å². The molecule has 1 amide bonds. The van der Waals surface area contributed by atoms with Crippen molar-refractivity contribution >= 4 is 32.6 Å². The van der Waals surface area contributed by atoms with E-state index in [4.69, 9.17) is 0 Å². The van der Waals surface area contributed by atoms with E-state index in [-0.39, 0.29) is 11.1 Å². The number of hydrogen-bond donors (Lipinski definition) is 1. The highest BCUT2D eigenvalue weighted by atomic mass is 32.1. The summed E-state index contributed by atoms with van der Waals surface area (Å²) in [5, 5.41) is 3.24. The number of aryl methyl sites for hydroxylation is 1. The van der Waals surface area contributed by atoms with Gasteiger partial charge in [-0.2, -0.15) is 0 Å². The van der Waals surface area contributed by atoms with Gasteiger partial charge in [0.2, 0.25) is 0 Å². The predicted molar refractivity (Wildman–Crippen MR) is 109 cm³/mol. The Hall–Kier alpha value is -3.25. The molecule has 0 spiro atoms. The first kappa shape index (κ1) is 17.2. The third-order valence-electron chi connectivity index (χ3n) is 4.22. The number of fused-ring (bicyclic) bond motifs is 1. The topological polar surface area (TPSA) is 64.0 Å². The lowest BCUT2D eigenvalue weighted by Gasteiger charge is -2.08. The molecule has 2 aromatic carbocycles. The Morgan fingerprint density at radius 2 is 1.93 bits per heavy atom. The normalized spacial score (nSPS) is 10.9. The molecule has 0 aliphatic carbocycles. The van der Waals surface area contributed by atoms with Crippen molar-refractivity contribution in [3.8, 4) is 0 Å². The van der Waals surface area contributed by atoms with E-state index in [9.17, 15) is 9.59 Å². The molecule has 2 heterocycles. The smallest absolute Gasteiger partial charge is 0.263 e. The average Bonchev–Trinajstić information content (AvgIpc) is 3.05. The number of pyridine rings is 1. The quantitative estimate of drug-likeness (QED) is 0.585. The summed E-state index contributed by atoms with van der Waals surface area (Å²) in [6, 6.07) is 18.8. The first-order chi connectivity index (χ1) is 13.1. The molecule has 27 heavy (non-hydrogen) atoms. The molecule has 0 bridgehead atoms. The van der Waals surface area contributed by atoms with Crippen LogP contribution < -0.4 is 10.9 Å². The van der Waals surface area contributed by atoms with Crippen molar-refractivity contribution in [1.82, 2.24) is 9.55 Å². The van der Waals surface area contributed by atoms with Gasteiger partial charge in [0.1, 0.15) is 5.56 Å². The average molecular weight is 375 g/mol.